The fourth-order valence-electron chi connectivity index (χ4n) is 1.92. The van der Waals surface area contributed by atoms with Gasteiger partial charge in [0.25, 0.3) is 0 Å². The Morgan fingerprint density at radius 2 is 2.38 bits per heavy atom. The molecule has 0 aliphatic heterocycles. The molecule has 0 saturated heterocycles. The number of hydrogen-bond donors (Lipinski definition) is 1. The molecular formula is C11H13NO4. The summed E-state index contributed by atoms with van der Waals surface area (Å²) in [5, 5.41) is 17.8. The van der Waals surface area contributed by atoms with Crippen LogP contribution in [0.15, 0.2) is 11.6 Å². The molecule has 1 saturated carbocycles. The zero-order valence-corrected chi connectivity index (χ0v) is 9.02. The van der Waals surface area contributed by atoms with Crippen molar-refractivity contribution in [2.45, 2.75) is 26.2 Å². The largest absolute Gasteiger partial charge is 0.478 e. The fraction of sp³-hybridized carbons (Fsp3) is 0.545. The summed E-state index contributed by atoms with van der Waals surface area (Å²) in [5.41, 5.74) is -1.03. The van der Waals surface area contributed by atoms with Crippen LogP contribution in [0.25, 0.3) is 0 Å². The van der Waals surface area contributed by atoms with Crippen LogP contribution in [0.3, 0.4) is 0 Å². The van der Waals surface area contributed by atoms with Gasteiger partial charge in [-0.05, 0) is 31.8 Å². The maximum absolute atomic E-state index is 11.7. The smallest absolute Gasteiger partial charge is 0.330 e. The monoisotopic (exact) mass is 223 g/mol. The van der Waals surface area contributed by atoms with Crippen molar-refractivity contribution >= 4 is 11.9 Å². The topological polar surface area (TPSA) is 87.4 Å². The van der Waals surface area contributed by atoms with Crippen molar-refractivity contribution in [3.05, 3.63) is 11.6 Å². The summed E-state index contributed by atoms with van der Waals surface area (Å²) in [7, 11) is 0. The Labute approximate surface area is 93.3 Å². The number of carbonyl (C=O) groups is 2. The lowest BCUT2D eigenvalue weighted by Gasteiger charge is -2.19. The molecule has 0 bridgehead atoms. The minimum absolute atomic E-state index is 0.183. The molecule has 1 unspecified atom stereocenters. The van der Waals surface area contributed by atoms with Crippen molar-refractivity contribution in [2.75, 3.05) is 6.61 Å². The molecule has 1 N–H and O–H groups in total. The average Bonchev–Trinajstić information content (AvgIpc) is 2.61. The van der Waals surface area contributed by atoms with E-state index >= 15 is 0 Å². The van der Waals surface area contributed by atoms with E-state index in [1.807, 2.05) is 6.07 Å². The molecule has 5 nitrogen and oxygen atoms in total. The second-order valence-corrected chi connectivity index (χ2v) is 3.60. The summed E-state index contributed by atoms with van der Waals surface area (Å²) in [6, 6.07) is 1.91. The minimum Gasteiger partial charge on any atom is -0.478 e. The Morgan fingerprint density at radius 3 is 2.88 bits per heavy atom. The standard InChI is InChI=1S/C11H13NO4/c1-2-16-10(15)11(7-12)5-3-4-8(11)6-9(13)14/h6H,2-5H2,1H3,(H,13,14)/b8-6+. The first-order chi connectivity index (χ1) is 7.56. The zero-order valence-electron chi connectivity index (χ0n) is 9.02. The number of carboxylic acid groups (broad SMARTS) is 1. The van der Waals surface area contributed by atoms with Gasteiger partial charge in [0.05, 0.1) is 12.7 Å². The number of ether oxygens (including phenoxy) is 1. The van der Waals surface area contributed by atoms with E-state index in [-0.39, 0.29) is 6.61 Å². The van der Waals surface area contributed by atoms with Gasteiger partial charge in [0, 0.05) is 6.08 Å². The highest BCUT2D eigenvalue weighted by Crippen LogP contribution is 2.43. The van der Waals surface area contributed by atoms with Crippen LogP contribution in [-0.2, 0) is 14.3 Å². The third-order valence-corrected chi connectivity index (χ3v) is 2.66. The van der Waals surface area contributed by atoms with Crippen LogP contribution in [0, 0.1) is 16.7 Å². The molecular weight excluding hydrogens is 210 g/mol. The second-order valence-electron chi connectivity index (χ2n) is 3.60. The summed E-state index contributed by atoms with van der Waals surface area (Å²) in [6.07, 6.45) is 2.37. The van der Waals surface area contributed by atoms with Gasteiger partial charge in [-0.3, -0.25) is 0 Å². The Balaban J connectivity index is 3.08. The Kier molecular flexibility index (Phi) is 3.67. The van der Waals surface area contributed by atoms with Gasteiger partial charge in [-0.2, -0.15) is 5.26 Å². The third-order valence-electron chi connectivity index (χ3n) is 2.66. The lowest BCUT2D eigenvalue weighted by molar-refractivity contribution is -0.149. The first kappa shape index (κ1) is 12.2. The van der Waals surface area contributed by atoms with E-state index in [9.17, 15) is 9.59 Å². The number of carbonyl (C=O) groups excluding carboxylic acids is 1. The molecule has 86 valence electrons. The summed E-state index contributed by atoms with van der Waals surface area (Å²) >= 11 is 0. The van der Waals surface area contributed by atoms with Crippen LogP contribution >= 0.6 is 0 Å². The van der Waals surface area contributed by atoms with Gasteiger partial charge in [0.15, 0.2) is 5.41 Å². The highest BCUT2D eigenvalue weighted by Gasteiger charge is 2.47. The molecule has 0 amide bonds. The number of hydrogen-bond acceptors (Lipinski definition) is 4. The Morgan fingerprint density at radius 1 is 1.69 bits per heavy atom. The maximum Gasteiger partial charge on any atom is 0.330 e. The highest BCUT2D eigenvalue weighted by atomic mass is 16.5. The number of esters is 1. The van der Waals surface area contributed by atoms with Crippen LogP contribution in [0.5, 0.6) is 0 Å². The van der Waals surface area contributed by atoms with Crippen molar-refractivity contribution in [3.8, 4) is 6.07 Å². The summed E-state index contributed by atoms with van der Waals surface area (Å²) in [4.78, 5) is 22.3. The van der Waals surface area contributed by atoms with Gasteiger partial charge in [-0.15, -0.1) is 0 Å². The SMILES string of the molecule is CCOC(=O)C1(C#N)CCC/C1=C\C(=O)O. The van der Waals surface area contributed by atoms with Crippen LogP contribution in [0.4, 0.5) is 0 Å². The van der Waals surface area contributed by atoms with Gasteiger partial charge in [0.1, 0.15) is 0 Å². The zero-order chi connectivity index (χ0) is 12.2. The van der Waals surface area contributed by atoms with E-state index in [4.69, 9.17) is 15.1 Å². The first-order valence-corrected chi connectivity index (χ1v) is 5.09. The normalized spacial score (nSPS) is 26.4. The van der Waals surface area contributed by atoms with Gasteiger partial charge in [-0.25, -0.2) is 9.59 Å². The molecule has 1 atom stereocenters. The van der Waals surface area contributed by atoms with Crippen LogP contribution in [0.1, 0.15) is 26.2 Å². The third kappa shape index (κ3) is 2.06. The van der Waals surface area contributed by atoms with E-state index in [1.54, 1.807) is 6.92 Å². The molecule has 16 heavy (non-hydrogen) atoms. The van der Waals surface area contributed by atoms with Crippen molar-refractivity contribution in [2.24, 2.45) is 5.41 Å². The van der Waals surface area contributed by atoms with Crippen molar-refractivity contribution < 1.29 is 19.4 Å². The molecule has 0 radical (unpaired) electrons. The van der Waals surface area contributed by atoms with E-state index in [1.165, 1.54) is 0 Å². The van der Waals surface area contributed by atoms with E-state index < -0.39 is 17.4 Å². The Hall–Kier alpha value is -1.83. The summed E-state index contributed by atoms with van der Waals surface area (Å²) < 4.78 is 4.84. The highest BCUT2D eigenvalue weighted by molar-refractivity contribution is 5.89. The molecule has 0 spiro atoms. The van der Waals surface area contributed by atoms with Gasteiger partial charge in [-0.1, -0.05) is 0 Å². The number of aliphatic carboxylic acids is 1. The van der Waals surface area contributed by atoms with Crippen molar-refractivity contribution in [1.82, 2.24) is 0 Å². The fourth-order valence-corrected chi connectivity index (χ4v) is 1.92. The first-order valence-electron chi connectivity index (χ1n) is 5.09. The van der Waals surface area contributed by atoms with Crippen LogP contribution in [0.2, 0.25) is 0 Å². The predicted molar refractivity (Wildman–Crippen MR) is 54.2 cm³/mol. The second kappa shape index (κ2) is 4.79. The number of rotatable bonds is 3. The number of nitrogens with zero attached hydrogens (tertiary/aromatic N) is 1. The van der Waals surface area contributed by atoms with Gasteiger partial charge in [0.2, 0.25) is 0 Å². The molecule has 1 aliphatic rings. The van der Waals surface area contributed by atoms with E-state index in [0.29, 0.717) is 24.8 Å². The summed E-state index contributed by atoms with van der Waals surface area (Å²) in [5.74, 6) is -1.77. The number of carboxylic acids is 1. The molecule has 0 aromatic rings. The van der Waals surface area contributed by atoms with Crippen LogP contribution < -0.4 is 0 Å². The molecule has 0 heterocycles. The lowest BCUT2D eigenvalue weighted by atomic mass is 9.83. The summed E-state index contributed by atoms with van der Waals surface area (Å²) in [6.45, 7) is 1.83. The quantitative estimate of drug-likeness (QED) is 0.574. The molecule has 0 aromatic carbocycles. The lowest BCUT2D eigenvalue weighted by Crippen LogP contribution is -2.30. The molecule has 1 rings (SSSR count). The maximum atomic E-state index is 11.7. The minimum atomic E-state index is -1.38. The molecule has 1 aliphatic carbocycles. The van der Waals surface area contributed by atoms with Crippen LogP contribution in [-0.4, -0.2) is 23.7 Å². The van der Waals surface area contributed by atoms with E-state index in [0.717, 1.165) is 6.08 Å². The van der Waals surface area contributed by atoms with Crippen molar-refractivity contribution in [1.29, 1.82) is 5.26 Å². The van der Waals surface area contributed by atoms with Crippen molar-refractivity contribution in [3.63, 3.8) is 0 Å². The predicted octanol–water partition coefficient (Wildman–Crippen LogP) is 1.25. The molecule has 1 fully saturated rings. The van der Waals surface area contributed by atoms with Gasteiger partial charge < -0.3 is 9.84 Å². The van der Waals surface area contributed by atoms with Gasteiger partial charge >= 0.3 is 11.9 Å². The molecule has 0 aromatic heterocycles. The Bertz CT molecular complexity index is 380. The number of nitriles is 1. The molecule has 5 heteroatoms. The average molecular weight is 223 g/mol. The van der Waals surface area contributed by atoms with E-state index in [2.05, 4.69) is 0 Å².